The highest BCUT2D eigenvalue weighted by Crippen LogP contribution is 2.22. The van der Waals surface area contributed by atoms with Gasteiger partial charge in [0.1, 0.15) is 5.75 Å². The zero-order chi connectivity index (χ0) is 15.8. The molecule has 0 amide bonds. The van der Waals surface area contributed by atoms with Gasteiger partial charge < -0.3 is 9.84 Å². The Morgan fingerprint density at radius 2 is 2.14 bits per heavy atom. The molecule has 0 aromatic heterocycles. The minimum absolute atomic E-state index is 0.0344. The summed E-state index contributed by atoms with van der Waals surface area (Å²) in [5, 5.41) is 8.94. The molecule has 5 nitrogen and oxygen atoms in total. The molecule has 0 fully saturated rings. The van der Waals surface area contributed by atoms with Gasteiger partial charge in [-0.2, -0.15) is 0 Å². The topological polar surface area (TPSA) is 66.8 Å². The van der Waals surface area contributed by atoms with Crippen molar-refractivity contribution in [3.8, 4) is 5.75 Å². The lowest BCUT2D eigenvalue weighted by atomic mass is 10.1. The third-order valence-electron chi connectivity index (χ3n) is 2.91. The summed E-state index contributed by atoms with van der Waals surface area (Å²) in [6.45, 7) is 8.25. The van der Waals surface area contributed by atoms with Crippen molar-refractivity contribution in [2.24, 2.45) is 0 Å². The predicted octanol–water partition coefficient (Wildman–Crippen LogP) is 2.36. The van der Waals surface area contributed by atoms with Gasteiger partial charge in [0.2, 0.25) is 0 Å². The minimum atomic E-state index is -0.905. The SMILES string of the molecule is C=CCN(CC(=O)O)Cc1cc(C(C)=O)ccc1OCC. The van der Waals surface area contributed by atoms with Crippen LogP contribution in [0.4, 0.5) is 0 Å². The van der Waals surface area contributed by atoms with E-state index in [0.29, 0.717) is 31.0 Å². The molecule has 0 aliphatic rings. The molecular weight excluding hydrogens is 270 g/mol. The number of aliphatic carboxylic acids is 1. The van der Waals surface area contributed by atoms with E-state index in [1.165, 1.54) is 6.92 Å². The van der Waals surface area contributed by atoms with Crippen molar-refractivity contribution in [2.45, 2.75) is 20.4 Å². The van der Waals surface area contributed by atoms with E-state index in [1.54, 1.807) is 29.2 Å². The average molecular weight is 291 g/mol. The molecule has 0 atom stereocenters. The zero-order valence-electron chi connectivity index (χ0n) is 12.5. The van der Waals surface area contributed by atoms with Crippen LogP contribution < -0.4 is 4.74 Å². The lowest BCUT2D eigenvalue weighted by Crippen LogP contribution is -2.29. The van der Waals surface area contributed by atoms with Crippen LogP contribution in [0.1, 0.15) is 29.8 Å². The summed E-state index contributed by atoms with van der Waals surface area (Å²) >= 11 is 0. The number of carboxylic acid groups (broad SMARTS) is 1. The van der Waals surface area contributed by atoms with Crippen molar-refractivity contribution < 1.29 is 19.4 Å². The number of carbonyl (C=O) groups is 2. The van der Waals surface area contributed by atoms with Gasteiger partial charge in [-0.05, 0) is 32.0 Å². The third kappa shape index (κ3) is 5.39. The molecule has 0 saturated heterocycles. The van der Waals surface area contributed by atoms with Crippen LogP contribution in [-0.4, -0.2) is 41.5 Å². The lowest BCUT2D eigenvalue weighted by molar-refractivity contribution is -0.138. The number of hydrogen-bond donors (Lipinski definition) is 1. The van der Waals surface area contributed by atoms with Gasteiger partial charge >= 0.3 is 5.97 Å². The Morgan fingerprint density at radius 3 is 2.67 bits per heavy atom. The first-order valence-corrected chi connectivity index (χ1v) is 6.79. The molecule has 0 spiro atoms. The third-order valence-corrected chi connectivity index (χ3v) is 2.91. The second-order valence-electron chi connectivity index (χ2n) is 4.66. The summed E-state index contributed by atoms with van der Waals surface area (Å²) in [5.74, 6) is -0.271. The molecule has 1 N–H and O–H groups in total. The minimum Gasteiger partial charge on any atom is -0.494 e. The fourth-order valence-electron chi connectivity index (χ4n) is 2.02. The van der Waals surface area contributed by atoms with Gasteiger partial charge in [-0.3, -0.25) is 14.5 Å². The Morgan fingerprint density at radius 1 is 1.43 bits per heavy atom. The Labute approximate surface area is 124 Å². The van der Waals surface area contributed by atoms with Gasteiger partial charge in [0.15, 0.2) is 5.78 Å². The van der Waals surface area contributed by atoms with Gasteiger partial charge in [0.25, 0.3) is 0 Å². The molecule has 0 heterocycles. The second-order valence-corrected chi connectivity index (χ2v) is 4.66. The van der Waals surface area contributed by atoms with Crippen molar-refractivity contribution in [1.29, 1.82) is 0 Å². The molecule has 0 aliphatic carbocycles. The van der Waals surface area contributed by atoms with Crippen LogP contribution in [0.3, 0.4) is 0 Å². The molecule has 0 unspecified atom stereocenters. The number of benzene rings is 1. The Kier molecular flexibility index (Phi) is 6.62. The highest BCUT2D eigenvalue weighted by atomic mass is 16.5. The standard InChI is InChI=1S/C16H21NO4/c1-4-8-17(11-16(19)20)10-14-9-13(12(3)18)6-7-15(14)21-5-2/h4,6-7,9H,1,5,8,10-11H2,2-3H3,(H,19,20). The van der Waals surface area contributed by atoms with Gasteiger partial charge in [-0.15, -0.1) is 6.58 Å². The average Bonchev–Trinajstić information content (AvgIpc) is 2.40. The molecule has 1 rings (SSSR count). The lowest BCUT2D eigenvalue weighted by Gasteiger charge is -2.20. The molecular formula is C16H21NO4. The molecule has 0 saturated carbocycles. The van der Waals surface area contributed by atoms with Crippen LogP contribution in [0.15, 0.2) is 30.9 Å². The normalized spacial score (nSPS) is 10.4. The smallest absolute Gasteiger partial charge is 0.317 e. The van der Waals surface area contributed by atoms with E-state index >= 15 is 0 Å². The van der Waals surface area contributed by atoms with Crippen molar-refractivity contribution in [3.63, 3.8) is 0 Å². The van der Waals surface area contributed by atoms with Gasteiger partial charge in [-0.1, -0.05) is 6.08 Å². The molecule has 1 aromatic carbocycles. The molecule has 0 aliphatic heterocycles. The maximum atomic E-state index is 11.5. The molecule has 0 radical (unpaired) electrons. The van der Waals surface area contributed by atoms with Crippen LogP contribution in [0.2, 0.25) is 0 Å². The Hall–Kier alpha value is -2.14. The molecule has 0 bridgehead atoms. The number of rotatable bonds is 9. The van der Waals surface area contributed by atoms with Gasteiger partial charge in [0.05, 0.1) is 13.2 Å². The number of carbonyl (C=O) groups excluding carboxylic acids is 1. The first-order chi connectivity index (χ1) is 9.97. The maximum Gasteiger partial charge on any atom is 0.317 e. The Balaban J connectivity index is 3.05. The molecule has 1 aromatic rings. The number of nitrogens with zero attached hydrogens (tertiary/aromatic N) is 1. The first-order valence-electron chi connectivity index (χ1n) is 6.79. The van der Waals surface area contributed by atoms with Crippen LogP contribution in [-0.2, 0) is 11.3 Å². The summed E-state index contributed by atoms with van der Waals surface area (Å²) < 4.78 is 5.54. The van der Waals surface area contributed by atoms with Crippen molar-refractivity contribution in [3.05, 3.63) is 42.0 Å². The van der Waals surface area contributed by atoms with E-state index in [1.807, 2.05) is 6.92 Å². The monoisotopic (exact) mass is 291 g/mol. The molecule has 21 heavy (non-hydrogen) atoms. The van der Waals surface area contributed by atoms with Crippen molar-refractivity contribution in [1.82, 2.24) is 4.90 Å². The van der Waals surface area contributed by atoms with Crippen LogP contribution in [0.5, 0.6) is 5.75 Å². The summed E-state index contributed by atoms with van der Waals surface area (Å²) in [5.41, 5.74) is 1.38. The fourth-order valence-corrected chi connectivity index (χ4v) is 2.02. The molecule has 114 valence electrons. The van der Waals surface area contributed by atoms with Crippen molar-refractivity contribution in [2.75, 3.05) is 19.7 Å². The number of ketones is 1. The number of ether oxygens (including phenoxy) is 1. The fraction of sp³-hybridized carbons (Fsp3) is 0.375. The number of carboxylic acids is 1. The quantitative estimate of drug-likeness (QED) is 0.559. The van der Waals surface area contributed by atoms with E-state index in [4.69, 9.17) is 9.84 Å². The van der Waals surface area contributed by atoms with Crippen LogP contribution in [0.25, 0.3) is 0 Å². The highest BCUT2D eigenvalue weighted by molar-refractivity contribution is 5.94. The van der Waals surface area contributed by atoms with E-state index in [0.717, 1.165) is 5.56 Å². The van der Waals surface area contributed by atoms with E-state index < -0.39 is 5.97 Å². The second kappa shape index (κ2) is 8.21. The predicted molar refractivity (Wildman–Crippen MR) is 80.7 cm³/mol. The largest absolute Gasteiger partial charge is 0.494 e. The zero-order valence-corrected chi connectivity index (χ0v) is 12.5. The van der Waals surface area contributed by atoms with Crippen molar-refractivity contribution >= 4 is 11.8 Å². The van der Waals surface area contributed by atoms with Crippen LogP contribution >= 0.6 is 0 Å². The summed E-state index contributed by atoms with van der Waals surface area (Å²) in [6.07, 6.45) is 1.65. The summed E-state index contributed by atoms with van der Waals surface area (Å²) in [7, 11) is 0. The Bertz CT molecular complexity index is 525. The van der Waals surface area contributed by atoms with E-state index in [9.17, 15) is 9.59 Å². The number of hydrogen-bond acceptors (Lipinski definition) is 4. The summed E-state index contributed by atoms with van der Waals surface area (Å²) in [4.78, 5) is 24.1. The van der Waals surface area contributed by atoms with E-state index in [2.05, 4.69) is 6.58 Å². The summed E-state index contributed by atoms with van der Waals surface area (Å²) in [6, 6.07) is 5.22. The van der Waals surface area contributed by atoms with Crippen LogP contribution in [0, 0.1) is 0 Å². The number of Topliss-reactive ketones (excluding diaryl/α,β-unsaturated/α-hetero) is 1. The van der Waals surface area contributed by atoms with E-state index in [-0.39, 0.29) is 12.3 Å². The van der Waals surface area contributed by atoms with Gasteiger partial charge in [0, 0.05) is 24.2 Å². The maximum absolute atomic E-state index is 11.5. The first kappa shape index (κ1) is 16.9. The van der Waals surface area contributed by atoms with Gasteiger partial charge in [-0.25, -0.2) is 0 Å². The highest BCUT2D eigenvalue weighted by Gasteiger charge is 2.14. The molecule has 5 heteroatoms.